The number of hydrogen-bond donors (Lipinski definition) is 2. The highest BCUT2D eigenvalue weighted by molar-refractivity contribution is 7.80. The number of nitrogens with zero attached hydrogens (tertiary/aromatic N) is 1. The molecule has 4 nitrogen and oxygen atoms in total. The maximum absolute atomic E-state index is 11.6. The lowest BCUT2D eigenvalue weighted by atomic mass is 9.98. The second-order valence-electron chi connectivity index (χ2n) is 5.13. The van der Waals surface area contributed by atoms with E-state index in [4.69, 9.17) is 18.0 Å². The molecule has 2 rings (SSSR count). The molecule has 1 saturated heterocycles. The number of carbonyl (C=O) groups excluding carboxylic acids is 1. The van der Waals surface area contributed by atoms with Gasteiger partial charge in [-0.15, -0.1) is 0 Å². The summed E-state index contributed by atoms with van der Waals surface area (Å²) in [4.78, 5) is 14.5. The second kappa shape index (κ2) is 5.78. The maximum atomic E-state index is 11.6. The molecule has 5 heteroatoms. The standard InChI is InChI=1S/C12H21N3OS/c13-12(17)9-2-1-6-15(8-9)7-5-11(16)14-10-3-4-10/h9-10H,1-8H2,(H2,13,17)(H,14,16). The van der Waals surface area contributed by atoms with E-state index in [-0.39, 0.29) is 5.91 Å². The van der Waals surface area contributed by atoms with Crippen LogP contribution in [0.5, 0.6) is 0 Å². The van der Waals surface area contributed by atoms with E-state index in [1.54, 1.807) is 0 Å². The smallest absolute Gasteiger partial charge is 0.221 e. The van der Waals surface area contributed by atoms with Gasteiger partial charge in [0.15, 0.2) is 0 Å². The van der Waals surface area contributed by atoms with E-state index in [1.807, 2.05) is 0 Å². The topological polar surface area (TPSA) is 58.4 Å². The van der Waals surface area contributed by atoms with Crippen LogP contribution in [-0.4, -0.2) is 41.5 Å². The van der Waals surface area contributed by atoms with E-state index < -0.39 is 0 Å². The van der Waals surface area contributed by atoms with Crippen molar-refractivity contribution in [3.8, 4) is 0 Å². The van der Waals surface area contributed by atoms with Crippen molar-refractivity contribution in [3.63, 3.8) is 0 Å². The van der Waals surface area contributed by atoms with Gasteiger partial charge in [-0.05, 0) is 32.2 Å². The third-order valence-corrected chi connectivity index (χ3v) is 3.84. The Balaban J connectivity index is 1.67. The molecule has 0 spiro atoms. The van der Waals surface area contributed by atoms with Gasteiger partial charge in [0, 0.05) is 31.5 Å². The average molecular weight is 255 g/mol. The summed E-state index contributed by atoms with van der Waals surface area (Å²) in [6.45, 7) is 2.82. The van der Waals surface area contributed by atoms with Crippen LogP contribution >= 0.6 is 12.2 Å². The van der Waals surface area contributed by atoms with Gasteiger partial charge in [-0.2, -0.15) is 0 Å². The fourth-order valence-corrected chi connectivity index (χ4v) is 2.47. The van der Waals surface area contributed by atoms with Gasteiger partial charge in [0.25, 0.3) is 0 Å². The zero-order valence-electron chi connectivity index (χ0n) is 10.2. The summed E-state index contributed by atoms with van der Waals surface area (Å²) < 4.78 is 0. The Morgan fingerprint density at radius 1 is 1.41 bits per heavy atom. The molecule has 1 amide bonds. The van der Waals surface area contributed by atoms with E-state index in [1.165, 1.54) is 0 Å². The first-order chi connectivity index (χ1) is 8.15. The molecule has 1 aliphatic heterocycles. The highest BCUT2D eigenvalue weighted by Crippen LogP contribution is 2.19. The number of piperidine rings is 1. The number of amides is 1. The van der Waals surface area contributed by atoms with Gasteiger partial charge in [0.05, 0.1) is 4.99 Å². The summed E-state index contributed by atoms with van der Waals surface area (Å²) in [5, 5.41) is 3.01. The van der Waals surface area contributed by atoms with Gasteiger partial charge in [-0.1, -0.05) is 12.2 Å². The van der Waals surface area contributed by atoms with Crippen molar-refractivity contribution in [1.29, 1.82) is 0 Å². The second-order valence-corrected chi connectivity index (χ2v) is 5.61. The average Bonchev–Trinajstić information content (AvgIpc) is 3.11. The van der Waals surface area contributed by atoms with Crippen LogP contribution < -0.4 is 11.1 Å². The Labute approximate surface area is 108 Å². The number of nitrogens with one attached hydrogen (secondary N) is 1. The fourth-order valence-electron chi connectivity index (χ4n) is 2.28. The van der Waals surface area contributed by atoms with E-state index in [0.717, 1.165) is 45.3 Å². The molecule has 1 atom stereocenters. The lowest BCUT2D eigenvalue weighted by Gasteiger charge is -2.31. The van der Waals surface area contributed by atoms with Gasteiger partial charge in [-0.3, -0.25) is 4.79 Å². The molecular weight excluding hydrogens is 234 g/mol. The van der Waals surface area contributed by atoms with Gasteiger partial charge in [-0.25, -0.2) is 0 Å². The van der Waals surface area contributed by atoms with Gasteiger partial charge in [0.2, 0.25) is 5.91 Å². The number of likely N-dealkylation sites (tertiary alicyclic amines) is 1. The monoisotopic (exact) mass is 255 g/mol. The van der Waals surface area contributed by atoms with Crippen molar-refractivity contribution in [2.24, 2.45) is 11.7 Å². The molecule has 3 N–H and O–H groups in total. The Hall–Kier alpha value is -0.680. The normalized spacial score (nSPS) is 25.5. The fraction of sp³-hybridized carbons (Fsp3) is 0.833. The molecule has 1 unspecified atom stereocenters. The molecule has 2 aliphatic rings. The molecule has 2 fully saturated rings. The molecule has 0 aromatic rings. The summed E-state index contributed by atoms with van der Waals surface area (Å²) in [6.07, 6.45) is 5.13. The van der Waals surface area contributed by atoms with Gasteiger partial charge < -0.3 is 16.0 Å². The predicted octanol–water partition coefficient (Wildman–Crippen LogP) is 0.653. The molecule has 1 aliphatic carbocycles. The molecule has 1 saturated carbocycles. The Bertz CT molecular complexity index is 304. The van der Waals surface area contributed by atoms with Crippen LogP contribution in [0.25, 0.3) is 0 Å². The minimum Gasteiger partial charge on any atom is -0.393 e. The molecule has 0 aromatic heterocycles. The van der Waals surface area contributed by atoms with Crippen LogP contribution in [0.15, 0.2) is 0 Å². The van der Waals surface area contributed by atoms with Crippen molar-refractivity contribution >= 4 is 23.1 Å². The van der Waals surface area contributed by atoms with Crippen molar-refractivity contribution < 1.29 is 4.79 Å². The zero-order chi connectivity index (χ0) is 12.3. The molecule has 17 heavy (non-hydrogen) atoms. The number of rotatable bonds is 5. The lowest BCUT2D eigenvalue weighted by Crippen LogP contribution is -2.42. The number of carbonyl (C=O) groups is 1. The summed E-state index contributed by atoms with van der Waals surface area (Å²) >= 11 is 5.04. The lowest BCUT2D eigenvalue weighted by molar-refractivity contribution is -0.121. The first kappa shape index (κ1) is 12.8. The van der Waals surface area contributed by atoms with Crippen LogP contribution in [-0.2, 0) is 4.79 Å². The Morgan fingerprint density at radius 3 is 2.82 bits per heavy atom. The summed E-state index contributed by atoms with van der Waals surface area (Å²) in [6, 6.07) is 0.466. The molecule has 1 heterocycles. The number of hydrogen-bond acceptors (Lipinski definition) is 3. The minimum atomic E-state index is 0.185. The number of nitrogens with two attached hydrogens (primary N) is 1. The predicted molar refractivity (Wildman–Crippen MR) is 71.7 cm³/mol. The van der Waals surface area contributed by atoms with Crippen LogP contribution in [0.1, 0.15) is 32.1 Å². The van der Waals surface area contributed by atoms with Gasteiger partial charge in [0.1, 0.15) is 0 Å². The minimum absolute atomic E-state index is 0.185. The summed E-state index contributed by atoms with van der Waals surface area (Å²) in [5.74, 6) is 0.523. The van der Waals surface area contributed by atoms with Crippen molar-refractivity contribution in [1.82, 2.24) is 10.2 Å². The van der Waals surface area contributed by atoms with Crippen molar-refractivity contribution in [3.05, 3.63) is 0 Å². The summed E-state index contributed by atoms with van der Waals surface area (Å²) in [7, 11) is 0. The van der Waals surface area contributed by atoms with E-state index in [2.05, 4.69) is 10.2 Å². The van der Waals surface area contributed by atoms with Crippen LogP contribution in [0.2, 0.25) is 0 Å². The van der Waals surface area contributed by atoms with E-state index >= 15 is 0 Å². The summed E-state index contributed by atoms with van der Waals surface area (Å²) in [5.41, 5.74) is 5.69. The quantitative estimate of drug-likeness (QED) is 0.708. The highest BCUT2D eigenvalue weighted by atomic mass is 32.1. The molecular formula is C12H21N3OS. The third kappa shape index (κ3) is 4.24. The number of thiocarbonyl (C=S) groups is 1. The van der Waals surface area contributed by atoms with Crippen molar-refractivity contribution in [2.75, 3.05) is 19.6 Å². The van der Waals surface area contributed by atoms with Crippen molar-refractivity contribution in [2.45, 2.75) is 38.1 Å². The largest absolute Gasteiger partial charge is 0.393 e. The van der Waals surface area contributed by atoms with E-state index in [0.29, 0.717) is 23.4 Å². The third-order valence-electron chi connectivity index (χ3n) is 3.51. The first-order valence-corrected chi connectivity index (χ1v) is 6.87. The first-order valence-electron chi connectivity index (χ1n) is 6.46. The molecule has 0 bridgehead atoms. The van der Waals surface area contributed by atoms with Crippen LogP contribution in [0.4, 0.5) is 0 Å². The Kier molecular flexibility index (Phi) is 4.34. The molecule has 96 valence electrons. The van der Waals surface area contributed by atoms with Crippen LogP contribution in [0, 0.1) is 5.92 Å². The SMILES string of the molecule is NC(=S)C1CCCN(CCC(=O)NC2CC2)C1. The van der Waals surface area contributed by atoms with Gasteiger partial charge >= 0.3 is 0 Å². The Morgan fingerprint density at radius 2 is 2.18 bits per heavy atom. The maximum Gasteiger partial charge on any atom is 0.221 e. The van der Waals surface area contributed by atoms with E-state index in [9.17, 15) is 4.79 Å². The molecule has 0 aromatic carbocycles. The van der Waals surface area contributed by atoms with Crippen LogP contribution in [0.3, 0.4) is 0 Å². The highest BCUT2D eigenvalue weighted by Gasteiger charge is 2.25. The zero-order valence-corrected chi connectivity index (χ0v) is 11.0. The molecule has 0 radical (unpaired) electrons.